The van der Waals surface area contributed by atoms with Crippen LogP contribution in [0, 0.1) is 6.92 Å². The third kappa shape index (κ3) is 3.75. The van der Waals surface area contributed by atoms with Crippen LogP contribution >= 0.6 is 0 Å². The van der Waals surface area contributed by atoms with Gasteiger partial charge in [-0.05, 0) is 18.6 Å². The molecule has 0 atom stereocenters. The standard InChI is InChI=1S/C9H13F2N3O/c1-7-4-9(13-12-5-7)14(2-3-15)6-8(10)11/h4-5,8,15H,2-3,6H2,1H3. The van der Waals surface area contributed by atoms with E-state index in [1.54, 1.807) is 19.2 Å². The van der Waals surface area contributed by atoms with Crippen molar-refractivity contribution < 1.29 is 13.9 Å². The molecule has 6 heteroatoms. The Kier molecular flexibility index (Phi) is 4.36. The number of nitrogens with zero attached hydrogens (tertiary/aromatic N) is 3. The summed E-state index contributed by atoms with van der Waals surface area (Å²) in [6, 6.07) is 1.66. The van der Waals surface area contributed by atoms with E-state index in [1.165, 1.54) is 4.90 Å². The van der Waals surface area contributed by atoms with Gasteiger partial charge in [0.2, 0.25) is 0 Å². The Morgan fingerprint density at radius 3 is 2.80 bits per heavy atom. The number of aromatic nitrogens is 2. The van der Waals surface area contributed by atoms with Gasteiger partial charge in [0.1, 0.15) is 0 Å². The van der Waals surface area contributed by atoms with Gasteiger partial charge in [-0.15, -0.1) is 5.10 Å². The molecule has 15 heavy (non-hydrogen) atoms. The van der Waals surface area contributed by atoms with Crippen LogP contribution in [0.25, 0.3) is 0 Å². The van der Waals surface area contributed by atoms with Crippen molar-refractivity contribution in [2.75, 3.05) is 24.6 Å². The van der Waals surface area contributed by atoms with Crippen molar-refractivity contribution >= 4 is 5.82 Å². The monoisotopic (exact) mass is 217 g/mol. The summed E-state index contributed by atoms with van der Waals surface area (Å²) >= 11 is 0. The van der Waals surface area contributed by atoms with Gasteiger partial charge in [-0.25, -0.2) is 8.78 Å². The Hall–Kier alpha value is -1.30. The topological polar surface area (TPSA) is 49.2 Å². The summed E-state index contributed by atoms with van der Waals surface area (Å²) < 4.78 is 24.4. The summed E-state index contributed by atoms with van der Waals surface area (Å²) in [5.74, 6) is 0.365. The minimum absolute atomic E-state index is 0.127. The molecule has 0 unspecified atom stereocenters. The van der Waals surface area contributed by atoms with E-state index in [0.717, 1.165) is 5.56 Å². The Balaban J connectivity index is 2.78. The molecule has 1 rings (SSSR count). The molecule has 0 aliphatic heterocycles. The zero-order valence-corrected chi connectivity index (χ0v) is 8.40. The van der Waals surface area contributed by atoms with Crippen LogP contribution in [0.15, 0.2) is 12.3 Å². The second kappa shape index (κ2) is 5.55. The Morgan fingerprint density at radius 2 is 2.27 bits per heavy atom. The van der Waals surface area contributed by atoms with Crippen LogP contribution in [0.3, 0.4) is 0 Å². The molecule has 0 saturated carbocycles. The van der Waals surface area contributed by atoms with E-state index in [4.69, 9.17) is 5.11 Å². The van der Waals surface area contributed by atoms with Gasteiger partial charge in [0.25, 0.3) is 6.43 Å². The average Bonchev–Trinajstić information content (AvgIpc) is 2.16. The number of halogens is 2. The largest absolute Gasteiger partial charge is 0.395 e. The normalized spacial score (nSPS) is 10.7. The predicted molar refractivity (Wildman–Crippen MR) is 52.1 cm³/mol. The Morgan fingerprint density at radius 1 is 1.53 bits per heavy atom. The molecule has 0 bridgehead atoms. The molecule has 0 spiro atoms. The molecule has 0 fully saturated rings. The lowest BCUT2D eigenvalue weighted by atomic mass is 10.3. The van der Waals surface area contributed by atoms with Crippen LogP contribution < -0.4 is 4.90 Å². The van der Waals surface area contributed by atoms with Gasteiger partial charge in [-0.3, -0.25) is 0 Å². The maximum Gasteiger partial charge on any atom is 0.255 e. The van der Waals surface area contributed by atoms with Crippen molar-refractivity contribution in [1.82, 2.24) is 10.2 Å². The maximum absolute atomic E-state index is 12.2. The molecular weight excluding hydrogens is 204 g/mol. The lowest BCUT2D eigenvalue weighted by Gasteiger charge is -2.21. The van der Waals surface area contributed by atoms with E-state index in [-0.39, 0.29) is 13.2 Å². The molecule has 1 N–H and O–H groups in total. The molecule has 1 aromatic heterocycles. The van der Waals surface area contributed by atoms with Crippen molar-refractivity contribution in [2.24, 2.45) is 0 Å². The summed E-state index contributed by atoms with van der Waals surface area (Å²) in [7, 11) is 0. The molecule has 1 aromatic rings. The van der Waals surface area contributed by atoms with Gasteiger partial charge in [-0.2, -0.15) is 5.10 Å². The fourth-order valence-corrected chi connectivity index (χ4v) is 1.19. The highest BCUT2D eigenvalue weighted by molar-refractivity contribution is 5.39. The molecule has 0 saturated heterocycles. The lowest BCUT2D eigenvalue weighted by molar-refractivity contribution is 0.152. The number of rotatable bonds is 5. The zero-order valence-electron chi connectivity index (χ0n) is 8.40. The van der Waals surface area contributed by atoms with Crippen LogP contribution in [0.5, 0.6) is 0 Å². The van der Waals surface area contributed by atoms with Gasteiger partial charge >= 0.3 is 0 Å². The lowest BCUT2D eigenvalue weighted by Crippen LogP contribution is -2.32. The molecule has 84 valence electrons. The summed E-state index contributed by atoms with van der Waals surface area (Å²) in [6.45, 7) is 1.29. The van der Waals surface area contributed by atoms with Crippen molar-refractivity contribution in [1.29, 1.82) is 0 Å². The van der Waals surface area contributed by atoms with Gasteiger partial charge in [0.15, 0.2) is 5.82 Å². The van der Waals surface area contributed by atoms with Crippen LogP contribution in [-0.2, 0) is 0 Å². The SMILES string of the molecule is Cc1cnnc(N(CCO)CC(F)F)c1. The van der Waals surface area contributed by atoms with Crippen molar-refractivity contribution in [2.45, 2.75) is 13.3 Å². The Bertz CT molecular complexity index is 309. The highest BCUT2D eigenvalue weighted by Gasteiger charge is 2.13. The van der Waals surface area contributed by atoms with E-state index in [1.807, 2.05) is 0 Å². The van der Waals surface area contributed by atoms with E-state index in [0.29, 0.717) is 5.82 Å². The van der Waals surface area contributed by atoms with Gasteiger partial charge in [0, 0.05) is 6.54 Å². The third-order valence-electron chi connectivity index (χ3n) is 1.83. The molecule has 4 nitrogen and oxygen atoms in total. The first-order valence-electron chi connectivity index (χ1n) is 4.56. The summed E-state index contributed by atoms with van der Waals surface area (Å²) in [4.78, 5) is 1.31. The summed E-state index contributed by atoms with van der Waals surface area (Å²) in [6.07, 6.45) is -0.915. The molecule has 1 heterocycles. The number of hydrogen-bond donors (Lipinski definition) is 1. The van der Waals surface area contributed by atoms with Crippen LogP contribution in [-0.4, -0.2) is 41.4 Å². The number of anilines is 1. The number of hydrogen-bond acceptors (Lipinski definition) is 4. The summed E-state index contributed by atoms with van der Waals surface area (Å²) in [5.41, 5.74) is 0.845. The van der Waals surface area contributed by atoms with E-state index in [2.05, 4.69) is 10.2 Å². The van der Waals surface area contributed by atoms with Crippen LogP contribution in [0.2, 0.25) is 0 Å². The quantitative estimate of drug-likeness (QED) is 0.794. The minimum atomic E-state index is -2.46. The van der Waals surface area contributed by atoms with Crippen LogP contribution in [0.1, 0.15) is 5.56 Å². The second-order valence-electron chi connectivity index (χ2n) is 3.15. The van der Waals surface area contributed by atoms with Gasteiger partial charge in [-0.1, -0.05) is 0 Å². The maximum atomic E-state index is 12.2. The van der Waals surface area contributed by atoms with E-state index in [9.17, 15) is 8.78 Å². The fraction of sp³-hybridized carbons (Fsp3) is 0.556. The highest BCUT2D eigenvalue weighted by atomic mass is 19.3. The second-order valence-corrected chi connectivity index (χ2v) is 3.15. The molecule has 0 aliphatic rings. The molecule has 0 aliphatic carbocycles. The third-order valence-corrected chi connectivity index (χ3v) is 1.83. The van der Waals surface area contributed by atoms with E-state index < -0.39 is 13.0 Å². The minimum Gasteiger partial charge on any atom is -0.395 e. The number of aliphatic hydroxyl groups is 1. The first-order chi connectivity index (χ1) is 7.13. The predicted octanol–water partition coefficient (Wildman–Crippen LogP) is 0.849. The van der Waals surface area contributed by atoms with Crippen LogP contribution in [0.4, 0.5) is 14.6 Å². The molecule has 0 aromatic carbocycles. The van der Waals surface area contributed by atoms with Gasteiger partial charge in [0.05, 0.1) is 19.3 Å². The fourth-order valence-electron chi connectivity index (χ4n) is 1.19. The zero-order chi connectivity index (χ0) is 11.3. The van der Waals surface area contributed by atoms with Crippen molar-refractivity contribution in [3.05, 3.63) is 17.8 Å². The summed E-state index contributed by atoms with van der Waals surface area (Å²) in [5, 5.41) is 16.2. The average molecular weight is 217 g/mol. The first-order valence-corrected chi connectivity index (χ1v) is 4.56. The Labute approximate surface area is 86.5 Å². The first kappa shape index (κ1) is 11.8. The van der Waals surface area contributed by atoms with E-state index >= 15 is 0 Å². The number of alkyl halides is 2. The molecule has 0 radical (unpaired) electrons. The number of aryl methyl sites for hydroxylation is 1. The number of aliphatic hydroxyl groups excluding tert-OH is 1. The van der Waals surface area contributed by atoms with Crippen molar-refractivity contribution in [3.63, 3.8) is 0 Å². The van der Waals surface area contributed by atoms with Gasteiger partial charge < -0.3 is 10.0 Å². The highest BCUT2D eigenvalue weighted by Crippen LogP contribution is 2.12. The van der Waals surface area contributed by atoms with Crippen molar-refractivity contribution in [3.8, 4) is 0 Å². The smallest absolute Gasteiger partial charge is 0.255 e. The molecular formula is C9H13F2N3O. The molecule has 0 amide bonds.